The van der Waals surface area contributed by atoms with Crippen molar-refractivity contribution in [3.05, 3.63) is 29.3 Å². The number of hydrogen-bond acceptors (Lipinski definition) is 2. The zero-order valence-electron chi connectivity index (χ0n) is 9.58. The zero-order valence-corrected chi connectivity index (χ0v) is 9.58. The summed E-state index contributed by atoms with van der Waals surface area (Å²) in [6.07, 6.45) is -2.57. The van der Waals surface area contributed by atoms with Gasteiger partial charge in [-0.15, -0.1) is 0 Å². The van der Waals surface area contributed by atoms with Gasteiger partial charge in [-0.1, -0.05) is 12.1 Å². The third-order valence-corrected chi connectivity index (χ3v) is 2.57. The summed E-state index contributed by atoms with van der Waals surface area (Å²) >= 11 is 0. The van der Waals surface area contributed by atoms with Gasteiger partial charge in [-0.2, -0.15) is 0 Å². The molecule has 0 aliphatic heterocycles. The van der Waals surface area contributed by atoms with Crippen LogP contribution in [0.25, 0.3) is 0 Å². The second-order valence-corrected chi connectivity index (χ2v) is 4.55. The fraction of sp³-hybridized carbons (Fsp3) is 0.417. The first-order chi connectivity index (χ1) is 7.74. The summed E-state index contributed by atoms with van der Waals surface area (Å²) < 4.78 is 24.7. The van der Waals surface area contributed by atoms with Gasteiger partial charge in [0.1, 0.15) is 5.75 Å². The van der Waals surface area contributed by atoms with Crippen LogP contribution in [0.15, 0.2) is 18.2 Å². The molecular formula is C12H14F2O3. The number of halogens is 2. The number of alkyl halides is 2. The van der Waals surface area contributed by atoms with E-state index < -0.39 is 17.8 Å². The topological polar surface area (TPSA) is 57.5 Å². The second-order valence-electron chi connectivity index (χ2n) is 4.55. The van der Waals surface area contributed by atoms with E-state index >= 15 is 0 Å². The maximum Gasteiger partial charge on any atom is 0.309 e. The third-order valence-electron chi connectivity index (χ3n) is 2.57. The van der Waals surface area contributed by atoms with Gasteiger partial charge in [0.15, 0.2) is 0 Å². The van der Waals surface area contributed by atoms with E-state index in [9.17, 15) is 18.7 Å². The lowest BCUT2D eigenvalue weighted by Gasteiger charge is -2.19. The second kappa shape index (κ2) is 4.69. The Morgan fingerprint density at radius 2 is 2.00 bits per heavy atom. The molecule has 0 unspecified atom stereocenters. The summed E-state index contributed by atoms with van der Waals surface area (Å²) in [5, 5.41) is 18.5. The number of carbonyl (C=O) groups is 1. The average Bonchev–Trinajstić information content (AvgIpc) is 2.20. The molecule has 0 radical (unpaired) electrons. The lowest BCUT2D eigenvalue weighted by molar-refractivity contribution is -0.146. The highest BCUT2D eigenvalue weighted by atomic mass is 19.3. The summed E-state index contributed by atoms with van der Waals surface area (Å²) in [4.78, 5) is 10.9. The van der Waals surface area contributed by atoms with E-state index in [0.717, 1.165) is 6.07 Å². The van der Waals surface area contributed by atoms with Gasteiger partial charge in [0, 0.05) is 5.56 Å². The number of carboxylic acids is 1. The Hall–Kier alpha value is -1.65. The van der Waals surface area contributed by atoms with Crippen molar-refractivity contribution in [2.75, 3.05) is 0 Å². The lowest BCUT2D eigenvalue weighted by atomic mass is 9.85. The number of phenolic OH excluding ortho intramolecular Hbond substituents is 1. The van der Waals surface area contributed by atoms with Crippen molar-refractivity contribution < 1.29 is 23.8 Å². The first-order valence-electron chi connectivity index (χ1n) is 5.07. The van der Waals surface area contributed by atoms with E-state index in [0.29, 0.717) is 5.56 Å². The largest absolute Gasteiger partial charge is 0.508 e. The maximum atomic E-state index is 12.3. The van der Waals surface area contributed by atoms with Gasteiger partial charge in [-0.05, 0) is 31.9 Å². The van der Waals surface area contributed by atoms with Gasteiger partial charge in [-0.25, -0.2) is 8.78 Å². The molecule has 0 spiro atoms. The van der Waals surface area contributed by atoms with Crippen LogP contribution in [-0.2, 0) is 11.2 Å². The van der Waals surface area contributed by atoms with Crippen molar-refractivity contribution >= 4 is 5.97 Å². The van der Waals surface area contributed by atoms with Crippen LogP contribution in [0.5, 0.6) is 5.75 Å². The van der Waals surface area contributed by atoms with E-state index in [1.807, 2.05) is 0 Å². The number of hydrogen-bond donors (Lipinski definition) is 2. The van der Waals surface area contributed by atoms with Crippen LogP contribution in [0.2, 0.25) is 0 Å². The van der Waals surface area contributed by atoms with Crippen molar-refractivity contribution in [3.8, 4) is 5.75 Å². The normalized spacial score (nSPS) is 11.8. The number of benzene rings is 1. The Labute approximate surface area is 97.7 Å². The van der Waals surface area contributed by atoms with Gasteiger partial charge in [-0.3, -0.25) is 4.79 Å². The van der Waals surface area contributed by atoms with E-state index in [4.69, 9.17) is 5.11 Å². The first-order valence-corrected chi connectivity index (χ1v) is 5.07. The number of aliphatic carboxylic acids is 1. The molecule has 3 nitrogen and oxygen atoms in total. The molecule has 0 fully saturated rings. The zero-order chi connectivity index (χ0) is 13.2. The molecule has 0 amide bonds. The van der Waals surface area contributed by atoms with Crippen LogP contribution in [0, 0.1) is 5.41 Å². The first kappa shape index (κ1) is 13.4. The number of rotatable bonds is 4. The Bertz CT molecular complexity index is 428. The molecule has 94 valence electrons. The standard InChI is InChI=1S/C12H14F2O3/c1-12(2,11(16)17)6-8-4-3-7(10(13)14)5-9(8)15/h3-5,10,15H,6H2,1-2H3,(H,16,17). The summed E-state index contributed by atoms with van der Waals surface area (Å²) in [7, 11) is 0. The van der Waals surface area contributed by atoms with Crippen molar-refractivity contribution in [2.24, 2.45) is 5.41 Å². The molecule has 0 aromatic heterocycles. The molecule has 0 heterocycles. The van der Waals surface area contributed by atoms with Gasteiger partial charge in [0.05, 0.1) is 5.41 Å². The summed E-state index contributed by atoms with van der Waals surface area (Å²) in [5.41, 5.74) is -0.981. The Balaban J connectivity index is 2.98. The fourth-order valence-corrected chi connectivity index (χ4v) is 1.42. The van der Waals surface area contributed by atoms with Crippen LogP contribution in [0.1, 0.15) is 31.4 Å². The summed E-state index contributed by atoms with van der Waals surface area (Å²) in [6.45, 7) is 3.02. The van der Waals surface area contributed by atoms with Gasteiger partial charge >= 0.3 is 5.97 Å². The molecule has 0 aliphatic carbocycles. The van der Waals surface area contributed by atoms with Crippen LogP contribution in [0.3, 0.4) is 0 Å². The number of carboxylic acid groups (broad SMARTS) is 1. The van der Waals surface area contributed by atoms with Crippen LogP contribution < -0.4 is 0 Å². The van der Waals surface area contributed by atoms with Crippen LogP contribution in [-0.4, -0.2) is 16.2 Å². The average molecular weight is 244 g/mol. The molecule has 0 aliphatic rings. The van der Waals surface area contributed by atoms with E-state index in [1.165, 1.54) is 26.0 Å². The molecule has 1 aromatic rings. The fourth-order valence-electron chi connectivity index (χ4n) is 1.42. The van der Waals surface area contributed by atoms with Crippen LogP contribution >= 0.6 is 0 Å². The molecule has 1 aromatic carbocycles. The highest BCUT2D eigenvalue weighted by Gasteiger charge is 2.28. The van der Waals surface area contributed by atoms with Gasteiger partial charge in [0.25, 0.3) is 6.43 Å². The monoisotopic (exact) mass is 244 g/mol. The third kappa shape index (κ3) is 3.15. The van der Waals surface area contributed by atoms with Crippen molar-refractivity contribution in [1.82, 2.24) is 0 Å². The van der Waals surface area contributed by atoms with Crippen molar-refractivity contribution in [3.63, 3.8) is 0 Å². The van der Waals surface area contributed by atoms with Crippen molar-refractivity contribution in [2.45, 2.75) is 26.7 Å². The minimum atomic E-state index is -2.65. The highest BCUT2D eigenvalue weighted by molar-refractivity contribution is 5.74. The molecule has 0 atom stereocenters. The minimum absolute atomic E-state index is 0.0810. The Kier molecular flexibility index (Phi) is 3.70. The summed E-state index contributed by atoms with van der Waals surface area (Å²) in [6, 6.07) is 3.50. The minimum Gasteiger partial charge on any atom is -0.508 e. The lowest BCUT2D eigenvalue weighted by Crippen LogP contribution is -2.26. The quantitative estimate of drug-likeness (QED) is 0.856. The Morgan fingerprint density at radius 3 is 2.41 bits per heavy atom. The molecule has 17 heavy (non-hydrogen) atoms. The van der Waals surface area contributed by atoms with Crippen LogP contribution in [0.4, 0.5) is 8.78 Å². The molecule has 0 bridgehead atoms. The molecule has 2 N–H and O–H groups in total. The summed E-state index contributed by atoms with van der Waals surface area (Å²) in [5.74, 6) is -1.30. The molecule has 5 heteroatoms. The Morgan fingerprint density at radius 1 is 1.41 bits per heavy atom. The molecule has 0 saturated carbocycles. The smallest absolute Gasteiger partial charge is 0.309 e. The van der Waals surface area contributed by atoms with Gasteiger partial charge in [0.2, 0.25) is 0 Å². The number of phenols is 1. The van der Waals surface area contributed by atoms with Crippen molar-refractivity contribution in [1.29, 1.82) is 0 Å². The molecule has 1 rings (SSSR count). The predicted molar refractivity (Wildman–Crippen MR) is 58.2 cm³/mol. The molecule has 0 saturated heterocycles. The number of aromatic hydroxyl groups is 1. The van der Waals surface area contributed by atoms with E-state index in [1.54, 1.807) is 0 Å². The van der Waals surface area contributed by atoms with E-state index in [-0.39, 0.29) is 17.7 Å². The molecular weight excluding hydrogens is 230 g/mol. The highest BCUT2D eigenvalue weighted by Crippen LogP contribution is 2.30. The van der Waals surface area contributed by atoms with E-state index in [2.05, 4.69) is 0 Å². The van der Waals surface area contributed by atoms with Gasteiger partial charge < -0.3 is 10.2 Å². The predicted octanol–water partition coefficient (Wildman–Crippen LogP) is 2.98. The maximum absolute atomic E-state index is 12.3. The SMILES string of the molecule is CC(C)(Cc1ccc(C(F)F)cc1O)C(=O)O.